The van der Waals surface area contributed by atoms with Gasteiger partial charge in [-0.25, -0.2) is 9.97 Å². The Kier molecular flexibility index (Phi) is 5.83. The van der Waals surface area contributed by atoms with Crippen molar-refractivity contribution in [1.29, 1.82) is 0 Å². The molecule has 0 atom stereocenters. The molecule has 0 saturated carbocycles. The Morgan fingerprint density at radius 3 is 2.30 bits per heavy atom. The molecule has 0 saturated heterocycles. The zero-order valence-electron chi connectivity index (χ0n) is 13.5. The average Bonchev–Trinajstić information content (AvgIpc) is 3.06. The lowest BCUT2D eigenvalue weighted by molar-refractivity contribution is 1.11. The van der Waals surface area contributed by atoms with Gasteiger partial charge in [0.05, 0.1) is 5.39 Å². The third-order valence-corrected chi connectivity index (χ3v) is 7.00. The quantitative estimate of drug-likeness (QED) is 0.221. The molecule has 0 N–H and O–H groups in total. The Morgan fingerprint density at radius 2 is 1.59 bits per heavy atom. The van der Waals surface area contributed by atoms with E-state index in [4.69, 9.17) is 46.4 Å². The third-order valence-electron chi connectivity index (χ3n) is 3.95. The SMILES string of the molecule is Clc1ccc(-c2csc3ncnc(SCc4c(Cl)cc(Cl)cc4Cl)c23)cc1. The van der Waals surface area contributed by atoms with E-state index in [-0.39, 0.29) is 0 Å². The number of halogens is 4. The highest BCUT2D eigenvalue weighted by atomic mass is 35.5. The van der Waals surface area contributed by atoms with Crippen molar-refractivity contribution in [2.45, 2.75) is 10.8 Å². The minimum Gasteiger partial charge on any atom is -0.229 e. The average molecular weight is 472 g/mol. The highest BCUT2D eigenvalue weighted by molar-refractivity contribution is 7.98. The van der Waals surface area contributed by atoms with Crippen molar-refractivity contribution >= 4 is 79.7 Å². The number of thioether (sulfide) groups is 1. The van der Waals surface area contributed by atoms with Crippen LogP contribution in [0.4, 0.5) is 0 Å². The molecule has 2 heterocycles. The van der Waals surface area contributed by atoms with Gasteiger partial charge in [-0.15, -0.1) is 23.1 Å². The second-order valence-corrected chi connectivity index (χ2v) is 9.16. The molecule has 27 heavy (non-hydrogen) atoms. The van der Waals surface area contributed by atoms with Crippen LogP contribution in [-0.2, 0) is 5.75 Å². The van der Waals surface area contributed by atoms with E-state index in [0.717, 1.165) is 31.9 Å². The summed E-state index contributed by atoms with van der Waals surface area (Å²) in [7, 11) is 0. The first-order valence-electron chi connectivity index (χ1n) is 7.77. The number of aromatic nitrogens is 2. The summed E-state index contributed by atoms with van der Waals surface area (Å²) in [6, 6.07) is 11.2. The van der Waals surface area contributed by atoms with Crippen molar-refractivity contribution in [3.63, 3.8) is 0 Å². The van der Waals surface area contributed by atoms with Crippen LogP contribution in [0.5, 0.6) is 0 Å². The summed E-state index contributed by atoms with van der Waals surface area (Å²) >= 11 is 27.8. The summed E-state index contributed by atoms with van der Waals surface area (Å²) in [5, 5.41) is 6.32. The molecule has 2 aromatic carbocycles. The van der Waals surface area contributed by atoms with Crippen LogP contribution in [0, 0.1) is 0 Å². The van der Waals surface area contributed by atoms with Crippen molar-refractivity contribution in [2.24, 2.45) is 0 Å². The van der Waals surface area contributed by atoms with E-state index in [2.05, 4.69) is 15.3 Å². The molecule has 0 amide bonds. The zero-order valence-corrected chi connectivity index (χ0v) is 18.2. The van der Waals surface area contributed by atoms with Gasteiger partial charge in [0.2, 0.25) is 0 Å². The molecule has 136 valence electrons. The van der Waals surface area contributed by atoms with Crippen LogP contribution >= 0.6 is 69.5 Å². The van der Waals surface area contributed by atoms with E-state index in [9.17, 15) is 0 Å². The molecule has 0 spiro atoms. The van der Waals surface area contributed by atoms with Crippen LogP contribution in [0.25, 0.3) is 21.3 Å². The van der Waals surface area contributed by atoms with E-state index < -0.39 is 0 Å². The van der Waals surface area contributed by atoms with Crippen molar-refractivity contribution in [1.82, 2.24) is 9.97 Å². The van der Waals surface area contributed by atoms with E-state index in [1.54, 1.807) is 41.6 Å². The molecule has 0 unspecified atom stereocenters. The Balaban J connectivity index is 1.72. The Hall–Kier alpha value is -1.01. The lowest BCUT2D eigenvalue weighted by Gasteiger charge is -2.09. The molecule has 0 fully saturated rings. The van der Waals surface area contributed by atoms with Gasteiger partial charge in [0, 0.05) is 36.8 Å². The minimum atomic E-state index is 0.519. The molecule has 2 nitrogen and oxygen atoms in total. The number of benzene rings is 2. The molecule has 0 aliphatic heterocycles. The van der Waals surface area contributed by atoms with Crippen molar-refractivity contribution in [3.8, 4) is 11.1 Å². The number of fused-ring (bicyclic) bond motifs is 1. The smallest absolute Gasteiger partial charge is 0.128 e. The predicted octanol–water partition coefficient (Wildman–Crippen LogP) is 8.26. The maximum atomic E-state index is 6.31. The number of rotatable bonds is 4. The highest BCUT2D eigenvalue weighted by Crippen LogP contribution is 2.40. The molecule has 4 rings (SSSR count). The monoisotopic (exact) mass is 470 g/mol. The van der Waals surface area contributed by atoms with Crippen LogP contribution in [-0.4, -0.2) is 9.97 Å². The summed E-state index contributed by atoms with van der Waals surface area (Å²) in [5.74, 6) is 0.580. The fraction of sp³-hybridized carbons (Fsp3) is 0.0526. The van der Waals surface area contributed by atoms with E-state index in [1.165, 1.54) is 0 Å². The molecule has 2 aromatic heterocycles. The van der Waals surface area contributed by atoms with E-state index in [0.29, 0.717) is 25.8 Å². The third kappa shape index (κ3) is 4.07. The van der Waals surface area contributed by atoms with Gasteiger partial charge in [-0.3, -0.25) is 0 Å². The van der Waals surface area contributed by atoms with Crippen molar-refractivity contribution < 1.29 is 0 Å². The molecular formula is C19H10Cl4N2S2. The summed E-state index contributed by atoms with van der Waals surface area (Å²) < 4.78 is 0. The van der Waals surface area contributed by atoms with E-state index in [1.807, 2.05) is 24.3 Å². The van der Waals surface area contributed by atoms with Gasteiger partial charge in [0.1, 0.15) is 16.2 Å². The van der Waals surface area contributed by atoms with Gasteiger partial charge in [-0.1, -0.05) is 58.5 Å². The molecule has 8 heteroatoms. The second-order valence-electron chi connectivity index (χ2n) is 5.65. The molecule has 0 radical (unpaired) electrons. The fourth-order valence-electron chi connectivity index (χ4n) is 2.65. The zero-order chi connectivity index (χ0) is 19.0. The molecular weight excluding hydrogens is 462 g/mol. The topological polar surface area (TPSA) is 25.8 Å². The van der Waals surface area contributed by atoms with Crippen LogP contribution in [0.15, 0.2) is 53.1 Å². The Morgan fingerprint density at radius 1 is 0.889 bits per heavy atom. The van der Waals surface area contributed by atoms with Crippen LogP contribution in [0.1, 0.15) is 5.56 Å². The molecule has 0 aliphatic carbocycles. The minimum absolute atomic E-state index is 0.519. The molecule has 4 aromatic rings. The summed E-state index contributed by atoms with van der Waals surface area (Å²) in [6.07, 6.45) is 1.58. The van der Waals surface area contributed by atoms with Crippen LogP contribution < -0.4 is 0 Å². The second kappa shape index (κ2) is 8.16. The summed E-state index contributed by atoms with van der Waals surface area (Å²) in [6.45, 7) is 0. The Labute approximate surface area is 184 Å². The number of hydrogen-bond donors (Lipinski definition) is 0. The van der Waals surface area contributed by atoms with Crippen molar-refractivity contribution in [2.75, 3.05) is 0 Å². The van der Waals surface area contributed by atoms with Gasteiger partial charge in [0.25, 0.3) is 0 Å². The van der Waals surface area contributed by atoms with Crippen molar-refractivity contribution in [3.05, 3.63) is 73.8 Å². The maximum absolute atomic E-state index is 6.31. The summed E-state index contributed by atoms with van der Waals surface area (Å²) in [4.78, 5) is 9.84. The fourth-order valence-corrected chi connectivity index (χ4v) is 5.93. The number of thiophene rings is 1. The lowest BCUT2D eigenvalue weighted by atomic mass is 10.1. The predicted molar refractivity (Wildman–Crippen MR) is 119 cm³/mol. The lowest BCUT2D eigenvalue weighted by Crippen LogP contribution is -1.89. The molecule has 0 aliphatic rings. The normalized spacial score (nSPS) is 11.3. The largest absolute Gasteiger partial charge is 0.229 e. The van der Waals surface area contributed by atoms with Gasteiger partial charge in [-0.2, -0.15) is 0 Å². The highest BCUT2D eigenvalue weighted by Gasteiger charge is 2.15. The summed E-state index contributed by atoms with van der Waals surface area (Å²) in [5.41, 5.74) is 3.00. The number of hydrogen-bond acceptors (Lipinski definition) is 4. The van der Waals surface area contributed by atoms with Gasteiger partial charge < -0.3 is 0 Å². The van der Waals surface area contributed by atoms with Gasteiger partial charge in [-0.05, 0) is 35.4 Å². The van der Waals surface area contributed by atoms with Gasteiger partial charge >= 0.3 is 0 Å². The Bertz CT molecular complexity index is 1100. The first-order valence-corrected chi connectivity index (χ1v) is 11.1. The first kappa shape index (κ1) is 19.3. The van der Waals surface area contributed by atoms with Gasteiger partial charge in [0.15, 0.2) is 0 Å². The van der Waals surface area contributed by atoms with Crippen LogP contribution in [0.3, 0.4) is 0 Å². The number of nitrogens with zero attached hydrogens (tertiary/aromatic N) is 2. The first-order chi connectivity index (χ1) is 13.0. The molecule has 0 bridgehead atoms. The van der Waals surface area contributed by atoms with Crippen LogP contribution in [0.2, 0.25) is 20.1 Å². The standard InChI is InChI=1S/C19H10Cl4N2S2/c20-11-3-1-10(2-4-11)13-7-26-18-17(13)19(25-9-24-18)27-8-14-15(22)5-12(21)6-16(14)23/h1-7,9H,8H2. The maximum Gasteiger partial charge on any atom is 0.128 e. The van der Waals surface area contributed by atoms with E-state index >= 15 is 0 Å².